The number of alkyl carbamates (subject to hydrolysis) is 1. The van der Waals surface area contributed by atoms with Gasteiger partial charge < -0.3 is 24.7 Å². The van der Waals surface area contributed by atoms with Crippen LogP contribution in [0.4, 0.5) is 4.79 Å². The van der Waals surface area contributed by atoms with Gasteiger partial charge in [-0.3, -0.25) is 14.4 Å². The first-order chi connectivity index (χ1) is 24.2. The SMILES string of the molecule is CC[C@H](C)[C@H](NC(=O)[C@@H](Cc1cccc(Cl)c1)C[C@@H](O[Si](C)(C)C(C)(C)C)[C@H](Cc1ccccc1)NC(=O)OC(C)(C)C)C(=O)N1CCC(=O)CC1. The number of nitrogens with zero attached hydrogens (tertiary/aromatic N) is 1. The van der Waals surface area contributed by atoms with E-state index in [0.29, 0.717) is 50.2 Å². The van der Waals surface area contributed by atoms with Crippen LogP contribution in [-0.2, 0) is 36.4 Å². The lowest BCUT2D eigenvalue weighted by molar-refractivity contribution is -0.141. The monoisotopic (exact) mass is 755 g/mol. The van der Waals surface area contributed by atoms with Crippen LogP contribution in [0, 0.1) is 11.8 Å². The number of piperidine rings is 1. The minimum Gasteiger partial charge on any atom is -0.444 e. The van der Waals surface area contributed by atoms with Crippen molar-refractivity contribution in [1.29, 1.82) is 0 Å². The molecule has 2 aromatic rings. The number of nitrogens with one attached hydrogen (secondary N) is 2. The molecule has 0 spiro atoms. The minimum absolute atomic E-state index is 0.139. The molecule has 52 heavy (non-hydrogen) atoms. The van der Waals surface area contributed by atoms with Crippen LogP contribution in [0.3, 0.4) is 0 Å². The molecule has 288 valence electrons. The highest BCUT2D eigenvalue weighted by atomic mass is 35.5. The molecule has 3 rings (SSSR count). The topological polar surface area (TPSA) is 114 Å². The number of ether oxygens (including phenoxy) is 1. The zero-order chi connectivity index (χ0) is 38.9. The first kappa shape index (κ1) is 43.2. The maximum Gasteiger partial charge on any atom is 0.407 e. The molecule has 0 aromatic heterocycles. The smallest absolute Gasteiger partial charge is 0.407 e. The van der Waals surface area contributed by atoms with Gasteiger partial charge >= 0.3 is 6.09 Å². The third-order valence-corrected chi connectivity index (χ3v) is 15.1. The summed E-state index contributed by atoms with van der Waals surface area (Å²) in [7, 11) is -2.48. The molecule has 2 aromatic carbocycles. The van der Waals surface area contributed by atoms with E-state index in [1.807, 2.05) is 83.1 Å². The number of carbonyl (C=O) groups excluding carboxylic acids is 4. The van der Waals surface area contributed by atoms with Gasteiger partial charge in [0.15, 0.2) is 8.32 Å². The van der Waals surface area contributed by atoms with Crippen LogP contribution in [0.1, 0.15) is 92.2 Å². The second-order valence-electron chi connectivity index (χ2n) is 16.9. The lowest BCUT2D eigenvalue weighted by Gasteiger charge is -2.42. The molecule has 1 aliphatic rings. The number of halogens is 1. The molecule has 9 nitrogen and oxygen atoms in total. The zero-order valence-corrected chi connectivity index (χ0v) is 34.8. The van der Waals surface area contributed by atoms with Crippen LogP contribution in [-0.4, -0.2) is 73.8 Å². The van der Waals surface area contributed by atoms with E-state index < -0.39 is 44.1 Å². The van der Waals surface area contributed by atoms with Crippen LogP contribution in [0.15, 0.2) is 54.6 Å². The molecule has 2 N–H and O–H groups in total. The van der Waals surface area contributed by atoms with Crippen molar-refractivity contribution in [2.75, 3.05) is 13.1 Å². The third kappa shape index (κ3) is 13.3. The van der Waals surface area contributed by atoms with E-state index in [0.717, 1.165) is 11.1 Å². The summed E-state index contributed by atoms with van der Waals surface area (Å²) in [6.45, 7) is 21.0. The molecule has 3 amide bonds. The van der Waals surface area contributed by atoms with Gasteiger partial charge in [0.2, 0.25) is 11.8 Å². The van der Waals surface area contributed by atoms with Crippen molar-refractivity contribution in [3.05, 3.63) is 70.7 Å². The van der Waals surface area contributed by atoms with E-state index in [1.165, 1.54) is 0 Å². The van der Waals surface area contributed by atoms with Crippen molar-refractivity contribution in [3.63, 3.8) is 0 Å². The number of benzene rings is 2. The maximum absolute atomic E-state index is 14.7. The van der Waals surface area contributed by atoms with E-state index in [9.17, 15) is 19.2 Å². The summed E-state index contributed by atoms with van der Waals surface area (Å²) in [5, 5.41) is 6.70. The van der Waals surface area contributed by atoms with Gasteiger partial charge in [-0.2, -0.15) is 0 Å². The number of hydrogen-bond acceptors (Lipinski definition) is 6. The highest BCUT2D eigenvalue weighted by Gasteiger charge is 2.43. The largest absolute Gasteiger partial charge is 0.444 e. The van der Waals surface area contributed by atoms with E-state index in [1.54, 1.807) is 11.0 Å². The molecule has 0 aliphatic carbocycles. The molecule has 0 bridgehead atoms. The second kappa shape index (κ2) is 18.7. The van der Waals surface area contributed by atoms with Gasteiger partial charge in [0, 0.05) is 36.9 Å². The van der Waals surface area contributed by atoms with E-state index in [2.05, 4.69) is 44.5 Å². The number of Topliss-reactive ketones (excluding diaryl/α,β-unsaturated/α-hetero) is 1. The van der Waals surface area contributed by atoms with Crippen molar-refractivity contribution in [3.8, 4) is 0 Å². The minimum atomic E-state index is -2.48. The molecule has 0 unspecified atom stereocenters. The number of ketones is 1. The van der Waals surface area contributed by atoms with Crippen molar-refractivity contribution < 1.29 is 28.3 Å². The first-order valence-electron chi connectivity index (χ1n) is 18.8. The summed E-state index contributed by atoms with van der Waals surface area (Å²) in [5.74, 6) is -1.08. The van der Waals surface area contributed by atoms with Crippen molar-refractivity contribution in [2.45, 2.75) is 136 Å². The van der Waals surface area contributed by atoms with Gasteiger partial charge in [-0.25, -0.2) is 4.79 Å². The highest BCUT2D eigenvalue weighted by molar-refractivity contribution is 6.74. The number of carbonyl (C=O) groups is 4. The summed E-state index contributed by atoms with van der Waals surface area (Å²) in [6.07, 6.45) is 1.23. The van der Waals surface area contributed by atoms with Crippen LogP contribution in [0.2, 0.25) is 23.2 Å². The Labute approximate surface area is 318 Å². The number of likely N-dealkylation sites (tertiary alicyclic amines) is 1. The average Bonchev–Trinajstić information content (AvgIpc) is 3.05. The Morgan fingerprint density at radius 1 is 0.904 bits per heavy atom. The fourth-order valence-electron chi connectivity index (χ4n) is 6.09. The Balaban J connectivity index is 2.09. The molecule has 5 atom stereocenters. The Bertz CT molecular complexity index is 1500. The molecule has 1 heterocycles. The van der Waals surface area contributed by atoms with Crippen molar-refractivity contribution >= 4 is 43.6 Å². The van der Waals surface area contributed by atoms with Crippen LogP contribution < -0.4 is 10.6 Å². The van der Waals surface area contributed by atoms with Crippen LogP contribution >= 0.6 is 11.6 Å². The molecule has 11 heteroatoms. The third-order valence-electron chi connectivity index (χ3n) is 10.4. The van der Waals surface area contributed by atoms with Crippen molar-refractivity contribution in [2.24, 2.45) is 11.8 Å². The number of hydrogen-bond donors (Lipinski definition) is 2. The maximum atomic E-state index is 14.7. The predicted octanol–water partition coefficient (Wildman–Crippen LogP) is 8.14. The second-order valence-corrected chi connectivity index (χ2v) is 22.1. The molecule has 0 saturated carbocycles. The summed E-state index contributed by atoms with van der Waals surface area (Å²) in [5.41, 5.74) is 1.16. The van der Waals surface area contributed by atoms with Crippen LogP contribution in [0.5, 0.6) is 0 Å². The van der Waals surface area contributed by atoms with Gasteiger partial charge in [-0.1, -0.05) is 95.1 Å². The molecular weight excluding hydrogens is 694 g/mol. The highest BCUT2D eigenvalue weighted by Crippen LogP contribution is 2.39. The van der Waals surface area contributed by atoms with E-state index >= 15 is 0 Å². The van der Waals surface area contributed by atoms with Gasteiger partial charge in [0.25, 0.3) is 0 Å². The van der Waals surface area contributed by atoms with Gasteiger partial charge in [-0.05, 0) is 87.3 Å². The normalized spacial score (nSPS) is 17.1. The molecule has 1 fully saturated rings. The average molecular weight is 757 g/mol. The Morgan fingerprint density at radius 2 is 1.52 bits per heavy atom. The first-order valence-corrected chi connectivity index (χ1v) is 22.0. The summed E-state index contributed by atoms with van der Waals surface area (Å²) >= 11 is 6.43. The van der Waals surface area contributed by atoms with Gasteiger partial charge in [0.05, 0.1) is 12.1 Å². The standard InChI is InChI=1S/C41H62ClN3O6Si/c1-11-28(2)36(38(48)45-22-20-33(46)21-23-45)44-37(47)31(24-30-18-15-19-32(42)25-30)27-35(51-52(9,10)41(6,7)8)34(26-29-16-13-12-14-17-29)43-39(49)50-40(3,4)5/h12-19,25,28,31,34-36H,11,20-24,26-27H2,1-10H3,(H,43,49)(H,44,47)/t28-,31-,34-,35+,36-/m0/s1. The molecule has 0 radical (unpaired) electrons. The van der Waals surface area contributed by atoms with Gasteiger partial charge in [0.1, 0.15) is 17.4 Å². The number of rotatable bonds is 15. The summed E-state index contributed by atoms with van der Waals surface area (Å²) < 4.78 is 12.9. The van der Waals surface area contributed by atoms with Crippen LogP contribution in [0.25, 0.3) is 0 Å². The summed E-state index contributed by atoms with van der Waals surface area (Å²) in [6, 6.07) is 16.1. The summed E-state index contributed by atoms with van der Waals surface area (Å²) in [4.78, 5) is 55.7. The quantitative estimate of drug-likeness (QED) is 0.178. The van der Waals surface area contributed by atoms with Gasteiger partial charge in [-0.15, -0.1) is 0 Å². The van der Waals surface area contributed by atoms with E-state index in [4.69, 9.17) is 20.8 Å². The van der Waals surface area contributed by atoms with Crippen molar-refractivity contribution in [1.82, 2.24) is 15.5 Å². The zero-order valence-electron chi connectivity index (χ0n) is 33.0. The fourth-order valence-corrected chi connectivity index (χ4v) is 7.68. The molecular formula is C41H62ClN3O6Si. The Hall–Kier alpha value is -3.21. The number of amides is 3. The molecule has 1 aliphatic heterocycles. The lowest BCUT2D eigenvalue weighted by Crippen LogP contribution is -2.56. The lowest BCUT2D eigenvalue weighted by atomic mass is 9.87. The fraction of sp³-hybridized carbons (Fsp3) is 0.610. The van der Waals surface area contributed by atoms with E-state index in [-0.39, 0.29) is 35.0 Å². The Morgan fingerprint density at radius 3 is 2.08 bits per heavy atom. The molecule has 1 saturated heterocycles. The predicted molar refractivity (Wildman–Crippen MR) is 211 cm³/mol. The Kier molecular flexibility index (Phi) is 15.5.